The van der Waals surface area contributed by atoms with E-state index in [4.69, 9.17) is 10.2 Å². The summed E-state index contributed by atoms with van der Waals surface area (Å²) in [5, 5.41) is 17.9. The summed E-state index contributed by atoms with van der Waals surface area (Å²) in [5.41, 5.74) is -0.336. The van der Waals surface area contributed by atoms with E-state index in [9.17, 15) is 4.79 Å². The SMILES string of the molecule is CC1(C)CC(CO)CCN1C(=O)O. The molecule has 0 saturated carbocycles. The predicted molar refractivity (Wildman–Crippen MR) is 48.6 cm³/mol. The highest BCUT2D eigenvalue weighted by molar-refractivity contribution is 5.66. The average molecular weight is 187 g/mol. The molecule has 1 atom stereocenters. The van der Waals surface area contributed by atoms with Gasteiger partial charge in [0, 0.05) is 18.7 Å². The molecule has 1 fully saturated rings. The maximum absolute atomic E-state index is 10.8. The average Bonchev–Trinajstić information content (AvgIpc) is 2.01. The molecule has 0 aromatic rings. The molecule has 76 valence electrons. The minimum Gasteiger partial charge on any atom is -0.465 e. The number of piperidine rings is 1. The molecule has 0 radical (unpaired) electrons. The van der Waals surface area contributed by atoms with E-state index in [0.29, 0.717) is 6.54 Å². The molecule has 0 aromatic carbocycles. The molecule has 1 aliphatic rings. The molecule has 1 heterocycles. The van der Waals surface area contributed by atoms with E-state index in [1.165, 1.54) is 4.90 Å². The Kier molecular flexibility index (Phi) is 2.81. The number of aliphatic hydroxyl groups is 1. The largest absolute Gasteiger partial charge is 0.465 e. The first-order valence-electron chi connectivity index (χ1n) is 4.59. The molecule has 0 aromatic heterocycles. The number of carboxylic acid groups (broad SMARTS) is 1. The van der Waals surface area contributed by atoms with E-state index in [0.717, 1.165) is 12.8 Å². The van der Waals surface area contributed by atoms with Gasteiger partial charge in [0.05, 0.1) is 0 Å². The summed E-state index contributed by atoms with van der Waals surface area (Å²) >= 11 is 0. The monoisotopic (exact) mass is 187 g/mol. The van der Waals surface area contributed by atoms with E-state index in [-0.39, 0.29) is 18.1 Å². The molecular weight excluding hydrogens is 170 g/mol. The number of amides is 1. The van der Waals surface area contributed by atoms with E-state index in [2.05, 4.69) is 0 Å². The van der Waals surface area contributed by atoms with Crippen LogP contribution in [0.1, 0.15) is 26.7 Å². The number of carbonyl (C=O) groups is 1. The Balaban J connectivity index is 2.67. The minimum absolute atomic E-state index is 0.164. The molecule has 1 amide bonds. The zero-order valence-electron chi connectivity index (χ0n) is 8.16. The Morgan fingerprint density at radius 1 is 1.62 bits per heavy atom. The number of nitrogens with zero attached hydrogens (tertiary/aromatic N) is 1. The van der Waals surface area contributed by atoms with Crippen molar-refractivity contribution in [2.45, 2.75) is 32.2 Å². The molecule has 0 aliphatic carbocycles. The van der Waals surface area contributed by atoms with Gasteiger partial charge < -0.3 is 15.1 Å². The van der Waals surface area contributed by atoms with Crippen molar-refractivity contribution in [1.29, 1.82) is 0 Å². The smallest absolute Gasteiger partial charge is 0.407 e. The number of likely N-dealkylation sites (tertiary alicyclic amines) is 1. The minimum atomic E-state index is -0.860. The number of rotatable bonds is 1. The second-order valence-electron chi connectivity index (χ2n) is 4.29. The van der Waals surface area contributed by atoms with Crippen LogP contribution in [0.15, 0.2) is 0 Å². The number of hydrogen-bond donors (Lipinski definition) is 2. The van der Waals surface area contributed by atoms with Crippen molar-refractivity contribution < 1.29 is 15.0 Å². The van der Waals surface area contributed by atoms with Gasteiger partial charge in [-0.15, -0.1) is 0 Å². The highest BCUT2D eigenvalue weighted by Gasteiger charge is 2.37. The first kappa shape index (κ1) is 10.3. The Hall–Kier alpha value is -0.770. The lowest BCUT2D eigenvalue weighted by Crippen LogP contribution is -2.52. The van der Waals surface area contributed by atoms with Crippen LogP contribution in [0, 0.1) is 5.92 Å². The maximum Gasteiger partial charge on any atom is 0.407 e. The van der Waals surface area contributed by atoms with Gasteiger partial charge in [0.15, 0.2) is 0 Å². The van der Waals surface area contributed by atoms with Gasteiger partial charge in [-0.2, -0.15) is 0 Å². The van der Waals surface area contributed by atoms with Crippen LogP contribution in [0.5, 0.6) is 0 Å². The maximum atomic E-state index is 10.8. The number of aliphatic hydroxyl groups excluding tert-OH is 1. The predicted octanol–water partition coefficient (Wildman–Crippen LogP) is 1.15. The van der Waals surface area contributed by atoms with Gasteiger partial charge in [0.1, 0.15) is 0 Å². The highest BCUT2D eigenvalue weighted by Crippen LogP contribution is 2.30. The molecule has 13 heavy (non-hydrogen) atoms. The Labute approximate surface area is 78.2 Å². The normalized spacial score (nSPS) is 27.3. The van der Waals surface area contributed by atoms with Crippen molar-refractivity contribution in [2.24, 2.45) is 5.92 Å². The van der Waals surface area contributed by atoms with Gasteiger partial charge in [-0.1, -0.05) is 0 Å². The summed E-state index contributed by atoms with van der Waals surface area (Å²) in [5.74, 6) is 0.255. The molecule has 1 unspecified atom stereocenters. The molecule has 4 nitrogen and oxygen atoms in total. The third kappa shape index (κ3) is 2.12. The summed E-state index contributed by atoms with van der Waals surface area (Å²) in [6, 6.07) is 0. The third-order valence-corrected chi connectivity index (χ3v) is 2.77. The molecule has 4 heteroatoms. The summed E-state index contributed by atoms with van der Waals surface area (Å²) < 4.78 is 0. The first-order valence-corrected chi connectivity index (χ1v) is 4.59. The standard InChI is InChI=1S/C9H17NO3/c1-9(2)5-7(6-11)3-4-10(9)8(12)13/h7,11H,3-6H2,1-2H3,(H,12,13). The summed E-state index contributed by atoms with van der Waals surface area (Å²) in [4.78, 5) is 12.3. The lowest BCUT2D eigenvalue weighted by atomic mass is 9.83. The van der Waals surface area contributed by atoms with Crippen molar-refractivity contribution >= 4 is 6.09 Å². The Morgan fingerprint density at radius 2 is 2.23 bits per heavy atom. The molecule has 1 rings (SSSR count). The Bertz CT molecular complexity index is 203. The van der Waals surface area contributed by atoms with Crippen molar-refractivity contribution in [2.75, 3.05) is 13.2 Å². The van der Waals surface area contributed by atoms with Crippen LogP contribution < -0.4 is 0 Å². The zero-order valence-corrected chi connectivity index (χ0v) is 8.16. The van der Waals surface area contributed by atoms with E-state index in [1.807, 2.05) is 13.8 Å². The van der Waals surface area contributed by atoms with Crippen LogP contribution in [0.25, 0.3) is 0 Å². The van der Waals surface area contributed by atoms with Gasteiger partial charge in [0.25, 0.3) is 0 Å². The van der Waals surface area contributed by atoms with Gasteiger partial charge in [-0.25, -0.2) is 4.79 Å². The Morgan fingerprint density at radius 3 is 2.62 bits per heavy atom. The fourth-order valence-corrected chi connectivity index (χ4v) is 2.04. The van der Waals surface area contributed by atoms with Crippen molar-refractivity contribution in [3.63, 3.8) is 0 Å². The lowest BCUT2D eigenvalue weighted by Gasteiger charge is -2.43. The van der Waals surface area contributed by atoms with Crippen LogP contribution in [0.4, 0.5) is 4.79 Å². The van der Waals surface area contributed by atoms with Crippen LogP contribution in [-0.2, 0) is 0 Å². The van der Waals surface area contributed by atoms with Gasteiger partial charge in [-0.05, 0) is 32.6 Å². The van der Waals surface area contributed by atoms with Gasteiger partial charge >= 0.3 is 6.09 Å². The molecule has 1 aliphatic heterocycles. The highest BCUT2D eigenvalue weighted by atomic mass is 16.4. The fraction of sp³-hybridized carbons (Fsp3) is 0.889. The lowest BCUT2D eigenvalue weighted by molar-refractivity contribution is 0.0321. The first-order chi connectivity index (χ1) is 5.97. The molecule has 0 bridgehead atoms. The third-order valence-electron chi connectivity index (χ3n) is 2.77. The second-order valence-corrected chi connectivity index (χ2v) is 4.29. The summed E-state index contributed by atoms with van der Waals surface area (Å²) in [6.45, 7) is 4.51. The van der Waals surface area contributed by atoms with Crippen LogP contribution in [0.2, 0.25) is 0 Å². The summed E-state index contributed by atoms with van der Waals surface area (Å²) in [7, 11) is 0. The molecule has 0 spiro atoms. The molecular formula is C9H17NO3. The zero-order chi connectivity index (χ0) is 10.1. The molecule has 2 N–H and O–H groups in total. The number of hydrogen-bond acceptors (Lipinski definition) is 2. The van der Waals surface area contributed by atoms with Crippen molar-refractivity contribution in [3.8, 4) is 0 Å². The van der Waals surface area contributed by atoms with Crippen molar-refractivity contribution in [3.05, 3.63) is 0 Å². The van der Waals surface area contributed by atoms with E-state index in [1.54, 1.807) is 0 Å². The van der Waals surface area contributed by atoms with Crippen LogP contribution in [-0.4, -0.2) is 39.9 Å². The fourth-order valence-electron chi connectivity index (χ4n) is 2.04. The van der Waals surface area contributed by atoms with Crippen LogP contribution >= 0.6 is 0 Å². The van der Waals surface area contributed by atoms with Gasteiger partial charge in [0.2, 0.25) is 0 Å². The molecule has 1 saturated heterocycles. The summed E-state index contributed by atoms with van der Waals surface area (Å²) in [6.07, 6.45) is 0.656. The van der Waals surface area contributed by atoms with E-state index < -0.39 is 6.09 Å². The topological polar surface area (TPSA) is 60.8 Å². The van der Waals surface area contributed by atoms with Crippen LogP contribution in [0.3, 0.4) is 0 Å². The van der Waals surface area contributed by atoms with E-state index >= 15 is 0 Å². The van der Waals surface area contributed by atoms with Crippen molar-refractivity contribution in [1.82, 2.24) is 4.90 Å². The van der Waals surface area contributed by atoms with Gasteiger partial charge in [-0.3, -0.25) is 0 Å². The second kappa shape index (κ2) is 3.54. The quantitative estimate of drug-likeness (QED) is 0.647.